The van der Waals surface area contributed by atoms with Gasteiger partial charge >= 0.3 is 0 Å². The molecule has 0 radical (unpaired) electrons. The number of benzene rings is 3. The molecule has 0 bridgehead atoms. The van der Waals surface area contributed by atoms with Gasteiger partial charge in [0.1, 0.15) is 5.75 Å². The third-order valence-corrected chi connectivity index (χ3v) is 7.53. The SMILES string of the molecule is O=C(COc1ccc(-c2ccccc2)cc1)N1CCN(S(=O)(=O)c2ccc(Cl)cc2)CC1. The van der Waals surface area contributed by atoms with E-state index in [9.17, 15) is 13.2 Å². The Morgan fingerprint density at radius 3 is 2.03 bits per heavy atom. The van der Waals surface area contributed by atoms with Crippen molar-refractivity contribution in [3.8, 4) is 16.9 Å². The predicted octanol–water partition coefficient (Wildman–Crippen LogP) is 3.92. The lowest BCUT2D eigenvalue weighted by Crippen LogP contribution is -2.51. The first-order valence-corrected chi connectivity index (χ1v) is 12.1. The van der Waals surface area contributed by atoms with Crippen LogP contribution in [0.3, 0.4) is 0 Å². The normalized spacial score (nSPS) is 14.8. The number of nitrogens with zero attached hydrogens (tertiary/aromatic N) is 2. The standard InChI is InChI=1S/C24H23ClN2O4S/c25-21-8-12-23(13-9-21)32(29,30)27-16-14-26(15-17-27)24(28)18-31-22-10-6-20(7-11-22)19-4-2-1-3-5-19/h1-13H,14-18H2. The molecule has 0 aromatic heterocycles. The molecule has 0 atom stereocenters. The minimum atomic E-state index is -3.60. The van der Waals surface area contributed by atoms with Crippen LogP contribution in [-0.4, -0.2) is 56.3 Å². The summed E-state index contributed by atoms with van der Waals surface area (Å²) in [5.74, 6) is 0.447. The average molecular weight is 471 g/mol. The highest BCUT2D eigenvalue weighted by atomic mass is 35.5. The van der Waals surface area contributed by atoms with Crippen LogP contribution in [0.5, 0.6) is 5.75 Å². The number of piperazine rings is 1. The molecule has 0 spiro atoms. The molecule has 1 heterocycles. The van der Waals surface area contributed by atoms with Crippen molar-refractivity contribution in [2.75, 3.05) is 32.8 Å². The van der Waals surface area contributed by atoms with E-state index in [1.165, 1.54) is 16.4 Å². The summed E-state index contributed by atoms with van der Waals surface area (Å²) >= 11 is 5.85. The number of sulfonamides is 1. The number of hydrogen-bond acceptors (Lipinski definition) is 4. The van der Waals surface area contributed by atoms with Gasteiger partial charge in [-0.15, -0.1) is 0 Å². The van der Waals surface area contributed by atoms with Crippen LogP contribution >= 0.6 is 11.6 Å². The van der Waals surface area contributed by atoms with Gasteiger partial charge in [-0.1, -0.05) is 54.1 Å². The quantitative estimate of drug-likeness (QED) is 0.547. The summed E-state index contributed by atoms with van der Waals surface area (Å²) in [6, 6.07) is 23.7. The minimum absolute atomic E-state index is 0.0887. The number of rotatable bonds is 6. The molecule has 166 valence electrons. The molecule has 0 N–H and O–H groups in total. The Balaban J connectivity index is 1.29. The zero-order valence-electron chi connectivity index (χ0n) is 17.4. The number of carbonyl (C=O) groups is 1. The fourth-order valence-electron chi connectivity index (χ4n) is 3.54. The molecule has 0 unspecified atom stereocenters. The van der Waals surface area contributed by atoms with E-state index < -0.39 is 10.0 Å². The van der Waals surface area contributed by atoms with Gasteiger partial charge in [0.15, 0.2) is 6.61 Å². The number of ether oxygens (including phenoxy) is 1. The smallest absolute Gasteiger partial charge is 0.260 e. The maximum absolute atomic E-state index is 12.8. The van der Waals surface area contributed by atoms with Crippen LogP contribution in [-0.2, 0) is 14.8 Å². The Morgan fingerprint density at radius 1 is 0.812 bits per heavy atom. The topological polar surface area (TPSA) is 66.9 Å². The number of amides is 1. The van der Waals surface area contributed by atoms with Crippen molar-refractivity contribution in [1.82, 2.24) is 9.21 Å². The van der Waals surface area contributed by atoms with Crippen LogP contribution in [0.2, 0.25) is 5.02 Å². The van der Waals surface area contributed by atoms with Gasteiger partial charge in [-0.2, -0.15) is 4.31 Å². The molecule has 3 aromatic carbocycles. The predicted molar refractivity (Wildman–Crippen MR) is 124 cm³/mol. The zero-order chi connectivity index (χ0) is 22.6. The van der Waals surface area contributed by atoms with Crippen LogP contribution in [0, 0.1) is 0 Å². The van der Waals surface area contributed by atoms with Crippen LogP contribution in [0.15, 0.2) is 83.8 Å². The van der Waals surface area contributed by atoms with Crippen LogP contribution < -0.4 is 4.74 Å². The summed E-state index contributed by atoms with van der Waals surface area (Å²) in [4.78, 5) is 14.4. The van der Waals surface area contributed by atoms with Crippen molar-refractivity contribution in [3.05, 3.63) is 83.9 Å². The van der Waals surface area contributed by atoms with Gasteiger partial charge in [0.25, 0.3) is 5.91 Å². The summed E-state index contributed by atoms with van der Waals surface area (Å²) in [6.45, 7) is 1.03. The van der Waals surface area contributed by atoms with Crippen LogP contribution in [0.4, 0.5) is 0 Å². The Hall–Kier alpha value is -2.87. The second-order valence-corrected chi connectivity index (χ2v) is 9.79. The van der Waals surface area contributed by atoms with Gasteiger partial charge in [-0.25, -0.2) is 8.42 Å². The van der Waals surface area contributed by atoms with E-state index in [4.69, 9.17) is 16.3 Å². The van der Waals surface area contributed by atoms with Crippen molar-refractivity contribution in [1.29, 1.82) is 0 Å². The largest absolute Gasteiger partial charge is 0.484 e. The number of carbonyl (C=O) groups excluding carboxylic acids is 1. The Kier molecular flexibility index (Phi) is 6.79. The number of hydrogen-bond donors (Lipinski definition) is 0. The maximum Gasteiger partial charge on any atom is 0.260 e. The molecule has 0 saturated carbocycles. The van der Waals surface area contributed by atoms with Crippen molar-refractivity contribution >= 4 is 27.5 Å². The molecule has 4 rings (SSSR count). The van der Waals surface area contributed by atoms with E-state index in [1.807, 2.05) is 54.6 Å². The van der Waals surface area contributed by atoms with Crippen LogP contribution in [0.1, 0.15) is 0 Å². The third-order valence-electron chi connectivity index (χ3n) is 5.37. The summed E-state index contributed by atoms with van der Waals surface area (Å²) in [7, 11) is -3.60. The van der Waals surface area contributed by atoms with Gasteiger partial charge in [-0.3, -0.25) is 4.79 Å². The highest BCUT2D eigenvalue weighted by Crippen LogP contribution is 2.23. The lowest BCUT2D eigenvalue weighted by molar-refractivity contribution is -0.134. The average Bonchev–Trinajstić information content (AvgIpc) is 2.84. The van der Waals surface area contributed by atoms with E-state index in [0.29, 0.717) is 23.9 Å². The molecule has 1 aliphatic heterocycles. The van der Waals surface area contributed by atoms with Gasteiger partial charge in [0.05, 0.1) is 4.90 Å². The van der Waals surface area contributed by atoms with E-state index >= 15 is 0 Å². The Labute approximate surface area is 193 Å². The molecular formula is C24H23ClN2O4S. The summed E-state index contributed by atoms with van der Waals surface area (Å²) in [5.41, 5.74) is 2.18. The van der Waals surface area contributed by atoms with E-state index in [-0.39, 0.29) is 30.5 Å². The van der Waals surface area contributed by atoms with E-state index in [2.05, 4.69) is 0 Å². The summed E-state index contributed by atoms with van der Waals surface area (Å²) in [5, 5.41) is 0.481. The first kappa shape index (κ1) is 22.3. The Morgan fingerprint density at radius 2 is 1.41 bits per heavy atom. The maximum atomic E-state index is 12.8. The van der Waals surface area contributed by atoms with Crippen LogP contribution in [0.25, 0.3) is 11.1 Å². The van der Waals surface area contributed by atoms with E-state index in [0.717, 1.165) is 11.1 Å². The van der Waals surface area contributed by atoms with Gasteiger partial charge in [0, 0.05) is 31.2 Å². The molecule has 1 saturated heterocycles. The first-order valence-electron chi connectivity index (χ1n) is 10.3. The molecule has 8 heteroatoms. The molecule has 0 aliphatic carbocycles. The lowest BCUT2D eigenvalue weighted by Gasteiger charge is -2.34. The van der Waals surface area contributed by atoms with Gasteiger partial charge < -0.3 is 9.64 Å². The minimum Gasteiger partial charge on any atom is -0.484 e. The molecular weight excluding hydrogens is 448 g/mol. The molecule has 1 fully saturated rings. The Bertz CT molecular complexity index is 1160. The van der Waals surface area contributed by atoms with Crippen molar-refractivity contribution in [2.24, 2.45) is 0 Å². The second kappa shape index (κ2) is 9.73. The van der Waals surface area contributed by atoms with Crippen molar-refractivity contribution in [3.63, 3.8) is 0 Å². The fraction of sp³-hybridized carbons (Fsp3) is 0.208. The molecule has 1 amide bonds. The zero-order valence-corrected chi connectivity index (χ0v) is 18.9. The van der Waals surface area contributed by atoms with E-state index in [1.54, 1.807) is 17.0 Å². The summed E-state index contributed by atoms with van der Waals surface area (Å²) < 4.78 is 32.6. The molecule has 1 aliphatic rings. The molecule has 32 heavy (non-hydrogen) atoms. The number of halogens is 1. The highest BCUT2D eigenvalue weighted by molar-refractivity contribution is 7.89. The molecule has 6 nitrogen and oxygen atoms in total. The van der Waals surface area contributed by atoms with Crippen molar-refractivity contribution in [2.45, 2.75) is 4.90 Å². The van der Waals surface area contributed by atoms with Crippen molar-refractivity contribution < 1.29 is 17.9 Å². The highest BCUT2D eigenvalue weighted by Gasteiger charge is 2.30. The third kappa shape index (κ3) is 5.12. The van der Waals surface area contributed by atoms with Gasteiger partial charge in [0.2, 0.25) is 10.0 Å². The lowest BCUT2D eigenvalue weighted by atomic mass is 10.1. The second-order valence-electron chi connectivity index (χ2n) is 7.42. The first-order chi connectivity index (χ1) is 15.4. The van der Waals surface area contributed by atoms with Gasteiger partial charge in [-0.05, 0) is 47.5 Å². The fourth-order valence-corrected chi connectivity index (χ4v) is 5.09. The monoisotopic (exact) mass is 470 g/mol. The summed E-state index contributed by atoms with van der Waals surface area (Å²) in [6.07, 6.45) is 0. The molecule has 3 aromatic rings.